The fourth-order valence-corrected chi connectivity index (χ4v) is 4.08. The molecule has 0 bridgehead atoms. The fraction of sp³-hybridized carbons (Fsp3) is 0.130. The van der Waals surface area contributed by atoms with Crippen LogP contribution in [-0.2, 0) is 6.54 Å². The number of carbonyl (C=O) groups is 1. The van der Waals surface area contributed by atoms with Gasteiger partial charge >= 0.3 is 5.97 Å². The number of aromatic carboxylic acids is 1. The van der Waals surface area contributed by atoms with Crippen molar-refractivity contribution in [1.29, 1.82) is 0 Å². The average molecular weight is 388 g/mol. The number of para-hydroxylation sites is 2. The summed E-state index contributed by atoms with van der Waals surface area (Å²) < 4.78 is 2.24. The van der Waals surface area contributed by atoms with Gasteiger partial charge in [0.05, 0.1) is 23.1 Å². The van der Waals surface area contributed by atoms with Gasteiger partial charge < -0.3 is 9.67 Å². The van der Waals surface area contributed by atoms with E-state index in [9.17, 15) is 9.90 Å². The Balaban J connectivity index is 1.67. The zero-order valence-corrected chi connectivity index (χ0v) is 16.3. The maximum atomic E-state index is 11.5. The van der Waals surface area contributed by atoms with Crippen LogP contribution in [0.25, 0.3) is 22.2 Å². The monoisotopic (exact) mass is 388 g/mol. The molecule has 0 amide bonds. The minimum absolute atomic E-state index is 0.317. The number of thioether (sulfide) groups is 1. The largest absolute Gasteiger partial charge is 0.478 e. The standard InChI is InChI=1S/C23H20N2O2S/c1-2-28-23-24-20-9-5-6-10-21(20)25(23)15-16-11-13-17(14-12-16)18-7-3-4-8-19(18)22(26)27/h3-14H,2,15H2,1H3,(H,26,27). The molecule has 140 valence electrons. The normalized spacial score (nSPS) is 11.0. The fourth-order valence-electron chi connectivity index (χ4n) is 3.34. The first-order valence-electron chi connectivity index (χ1n) is 9.17. The number of carboxylic acids is 1. The molecule has 1 aromatic heterocycles. The SMILES string of the molecule is CCSc1nc2ccccc2n1Cc1ccc(-c2ccccc2C(=O)O)cc1. The van der Waals surface area contributed by atoms with Crippen LogP contribution in [0.5, 0.6) is 0 Å². The molecule has 0 saturated heterocycles. The van der Waals surface area contributed by atoms with Crippen molar-refractivity contribution < 1.29 is 9.90 Å². The molecule has 0 spiro atoms. The van der Waals surface area contributed by atoms with E-state index in [0.29, 0.717) is 5.56 Å². The van der Waals surface area contributed by atoms with E-state index in [1.165, 1.54) is 0 Å². The van der Waals surface area contributed by atoms with E-state index < -0.39 is 5.97 Å². The van der Waals surface area contributed by atoms with Crippen molar-refractivity contribution in [3.63, 3.8) is 0 Å². The molecular weight excluding hydrogens is 368 g/mol. The Kier molecular flexibility index (Phi) is 5.17. The van der Waals surface area contributed by atoms with Crippen LogP contribution in [0.4, 0.5) is 0 Å². The molecule has 0 atom stereocenters. The summed E-state index contributed by atoms with van der Waals surface area (Å²) in [4.78, 5) is 16.2. The van der Waals surface area contributed by atoms with Gasteiger partial charge in [-0.3, -0.25) is 0 Å². The number of hydrogen-bond acceptors (Lipinski definition) is 3. The Bertz CT molecular complexity index is 1130. The van der Waals surface area contributed by atoms with Gasteiger partial charge in [0.15, 0.2) is 5.16 Å². The van der Waals surface area contributed by atoms with Crippen LogP contribution in [0.2, 0.25) is 0 Å². The Morgan fingerprint density at radius 2 is 1.71 bits per heavy atom. The molecule has 28 heavy (non-hydrogen) atoms. The Hall–Kier alpha value is -3.05. The predicted octanol–water partition coefficient (Wildman–Crippen LogP) is 5.56. The number of carboxylic acid groups (broad SMARTS) is 1. The van der Waals surface area contributed by atoms with Crippen LogP contribution in [0.1, 0.15) is 22.8 Å². The lowest BCUT2D eigenvalue weighted by atomic mass is 9.99. The lowest BCUT2D eigenvalue weighted by Crippen LogP contribution is -2.02. The number of aromatic nitrogens is 2. The van der Waals surface area contributed by atoms with Crippen LogP contribution in [0.3, 0.4) is 0 Å². The first kappa shape index (κ1) is 18.3. The second-order valence-electron chi connectivity index (χ2n) is 6.45. The van der Waals surface area contributed by atoms with Crippen molar-refractivity contribution in [2.45, 2.75) is 18.6 Å². The summed E-state index contributed by atoms with van der Waals surface area (Å²) in [7, 11) is 0. The number of hydrogen-bond donors (Lipinski definition) is 1. The smallest absolute Gasteiger partial charge is 0.336 e. The average Bonchev–Trinajstić information content (AvgIpc) is 3.06. The molecule has 0 aliphatic carbocycles. The molecule has 0 radical (unpaired) electrons. The molecule has 0 aliphatic rings. The Morgan fingerprint density at radius 3 is 2.46 bits per heavy atom. The van der Waals surface area contributed by atoms with Crippen molar-refractivity contribution in [2.24, 2.45) is 0 Å². The van der Waals surface area contributed by atoms with E-state index in [-0.39, 0.29) is 0 Å². The van der Waals surface area contributed by atoms with Gasteiger partial charge in [0.25, 0.3) is 0 Å². The Labute approximate surface area is 167 Å². The van der Waals surface area contributed by atoms with Crippen LogP contribution in [0, 0.1) is 0 Å². The zero-order valence-electron chi connectivity index (χ0n) is 15.5. The van der Waals surface area contributed by atoms with Crippen LogP contribution in [0.15, 0.2) is 78.0 Å². The number of imidazole rings is 1. The highest BCUT2D eigenvalue weighted by Crippen LogP contribution is 2.27. The quantitative estimate of drug-likeness (QED) is 0.439. The summed E-state index contributed by atoms with van der Waals surface area (Å²) in [5.41, 5.74) is 5.23. The molecule has 1 N–H and O–H groups in total. The molecule has 0 fully saturated rings. The minimum Gasteiger partial charge on any atom is -0.478 e. The van der Waals surface area contributed by atoms with E-state index in [0.717, 1.165) is 45.2 Å². The van der Waals surface area contributed by atoms with E-state index in [1.807, 2.05) is 42.5 Å². The maximum absolute atomic E-state index is 11.5. The summed E-state index contributed by atoms with van der Waals surface area (Å²) in [5.74, 6) is 0.0552. The van der Waals surface area contributed by atoms with Crippen molar-refractivity contribution >= 4 is 28.8 Å². The van der Waals surface area contributed by atoms with E-state index >= 15 is 0 Å². The molecule has 5 heteroatoms. The van der Waals surface area contributed by atoms with Crippen molar-refractivity contribution in [3.8, 4) is 11.1 Å². The summed E-state index contributed by atoms with van der Waals surface area (Å²) in [6.45, 7) is 2.85. The summed E-state index contributed by atoms with van der Waals surface area (Å²) in [6, 6.07) is 23.4. The van der Waals surface area contributed by atoms with Gasteiger partial charge in [-0.2, -0.15) is 0 Å². The van der Waals surface area contributed by atoms with Crippen LogP contribution in [-0.4, -0.2) is 26.4 Å². The number of nitrogens with zero attached hydrogens (tertiary/aromatic N) is 2. The third-order valence-corrected chi connectivity index (χ3v) is 5.51. The summed E-state index contributed by atoms with van der Waals surface area (Å²) in [5, 5.41) is 10.4. The number of fused-ring (bicyclic) bond motifs is 1. The summed E-state index contributed by atoms with van der Waals surface area (Å²) >= 11 is 1.74. The zero-order chi connectivity index (χ0) is 19.5. The molecule has 4 nitrogen and oxygen atoms in total. The Morgan fingerprint density at radius 1 is 1.00 bits per heavy atom. The van der Waals surface area contributed by atoms with Gasteiger partial charge in [0.1, 0.15) is 0 Å². The van der Waals surface area contributed by atoms with Crippen molar-refractivity contribution in [2.75, 3.05) is 5.75 Å². The first-order chi connectivity index (χ1) is 13.7. The second-order valence-corrected chi connectivity index (χ2v) is 7.68. The predicted molar refractivity (Wildman–Crippen MR) is 114 cm³/mol. The first-order valence-corrected chi connectivity index (χ1v) is 10.2. The van der Waals surface area contributed by atoms with Gasteiger partial charge in [0.2, 0.25) is 0 Å². The molecule has 0 aliphatic heterocycles. The van der Waals surface area contributed by atoms with Gasteiger partial charge in [-0.1, -0.05) is 73.3 Å². The van der Waals surface area contributed by atoms with E-state index in [1.54, 1.807) is 23.9 Å². The topological polar surface area (TPSA) is 55.1 Å². The van der Waals surface area contributed by atoms with Gasteiger partial charge in [-0.25, -0.2) is 9.78 Å². The molecule has 0 unspecified atom stereocenters. The van der Waals surface area contributed by atoms with E-state index in [4.69, 9.17) is 4.98 Å². The maximum Gasteiger partial charge on any atom is 0.336 e. The third-order valence-electron chi connectivity index (χ3n) is 4.66. The lowest BCUT2D eigenvalue weighted by Gasteiger charge is -2.10. The number of rotatable bonds is 6. The van der Waals surface area contributed by atoms with Gasteiger partial charge in [-0.05, 0) is 40.6 Å². The molecular formula is C23H20N2O2S. The van der Waals surface area contributed by atoms with Gasteiger partial charge in [0, 0.05) is 0 Å². The third kappa shape index (κ3) is 3.53. The molecule has 1 heterocycles. The van der Waals surface area contributed by atoms with E-state index in [2.05, 4.69) is 29.7 Å². The number of benzene rings is 3. The van der Waals surface area contributed by atoms with Crippen molar-refractivity contribution in [1.82, 2.24) is 9.55 Å². The van der Waals surface area contributed by atoms with Gasteiger partial charge in [-0.15, -0.1) is 0 Å². The highest BCUT2D eigenvalue weighted by atomic mass is 32.2. The minimum atomic E-state index is -0.911. The summed E-state index contributed by atoms with van der Waals surface area (Å²) in [6.07, 6.45) is 0. The second kappa shape index (κ2) is 7.90. The highest BCUT2D eigenvalue weighted by Gasteiger charge is 2.13. The molecule has 3 aromatic carbocycles. The highest BCUT2D eigenvalue weighted by molar-refractivity contribution is 7.99. The molecule has 4 rings (SSSR count). The van der Waals surface area contributed by atoms with Crippen LogP contribution >= 0.6 is 11.8 Å². The molecule has 0 saturated carbocycles. The van der Waals surface area contributed by atoms with Crippen LogP contribution < -0.4 is 0 Å². The lowest BCUT2D eigenvalue weighted by molar-refractivity contribution is 0.0697. The molecule has 4 aromatic rings. The van der Waals surface area contributed by atoms with Crippen molar-refractivity contribution in [3.05, 3.63) is 83.9 Å².